The predicted molar refractivity (Wildman–Crippen MR) is 104 cm³/mol. The highest BCUT2D eigenvalue weighted by molar-refractivity contribution is 7.80. The van der Waals surface area contributed by atoms with Crippen molar-refractivity contribution in [3.8, 4) is 0 Å². The number of nitrogens with one attached hydrogen (secondary N) is 3. The van der Waals surface area contributed by atoms with E-state index in [-0.39, 0.29) is 5.91 Å². The average molecular weight is 340 g/mol. The number of rotatable bonds is 4. The molecule has 1 amide bonds. The van der Waals surface area contributed by atoms with Crippen LogP contribution in [0.3, 0.4) is 0 Å². The van der Waals surface area contributed by atoms with E-state index in [0.29, 0.717) is 5.11 Å². The molecule has 0 aliphatic heterocycles. The highest BCUT2D eigenvalue weighted by Gasteiger charge is 2.03. The molecule has 2 aromatic rings. The normalized spacial score (nSPS) is 10.5. The number of para-hydroxylation sites is 1. The van der Waals surface area contributed by atoms with Crippen molar-refractivity contribution >= 4 is 40.8 Å². The fraction of sp³-hybridized carbons (Fsp3) is 0.167. The Hall–Kier alpha value is -2.73. The molecule has 0 unspecified atom stereocenters. The van der Waals surface area contributed by atoms with Crippen LogP contribution in [0.5, 0.6) is 0 Å². The van der Waals surface area contributed by atoms with Gasteiger partial charge in [0, 0.05) is 18.3 Å². The molecule has 2 rings (SSSR count). The monoisotopic (exact) mass is 340 g/mol. The maximum atomic E-state index is 11.0. The molecule has 0 aliphatic rings. The molecule has 0 bridgehead atoms. The van der Waals surface area contributed by atoms with Gasteiger partial charge >= 0.3 is 0 Å². The van der Waals surface area contributed by atoms with Crippen molar-refractivity contribution in [2.45, 2.75) is 20.8 Å². The minimum Gasteiger partial charge on any atom is -0.331 e. The Balaban J connectivity index is 1.91. The van der Waals surface area contributed by atoms with Crippen molar-refractivity contribution in [2.24, 2.45) is 5.10 Å². The van der Waals surface area contributed by atoms with E-state index in [1.54, 1.807) is 6.21 Å². The zero-order valence-electron chi connectivity index (χ0n) is 13.9. The molecule has 6 heteroatoms. The fourth-order valence-corrected chi connectivity index (χ4v) is 2.33. The predicted octanol–water partition coefficient (Wildman–Crippen LogP) is 3.58. The molecule has 0 spiro atoms. The van der Waals surface area contributed by atoms with Crippen LogP contribution in [0.4, 0.5) is 11.4 Å². The maximum absolute atomic E-state index is 11.0. The molecule has 124 valence electrons. The Morgan fingerprint density at radius 3 is 2.25 bits per heavy atom. The third-order valence-electron chi connectivity index (χ3n) is 3.33. The minimum atomic E-state index is -0.0963. The summed E-state index contributed by atoms with van der Waals surface area (Å²) >= 11 is 5.26. The standard InChI is InChI=1S/C18H20N4OS/c1-12-5-4-6-13(2)17(12)21-18(24)22-19-11-15-7-9-16(10-8-15)20-14(3)23/h4-11H,1-3H3,(H,20,23)(H2,21,22,24)/b19-11-. The van der Waals surface area contributed by atoms with Crippen LogP contribution in [0, 0.1) is 13.8 Å². The van der Waals surface area contributed by atoms with Gasteiger partial charge in [-0.05, 0) is 54.9 Å². The molecule has 0 atom stereocenters. The summed E-state index contributed by atoms with van der Waals surface area (Å²) in [5, 5.41) is 10.4. The maximum Gasteiger partial charge on any atom is 0.221 e. The Morgan fingerprint density at radius 2 is 1.67 bits per heavy atom. The second kappa shape index (κ2) is 8.21. The number of thiocarbonyl (C=S) groups is 1. The van der Waals surface area contributed by atoms with Crippen molar-refractivity contribution in [3.05, 3.63) is 59.2 Å². The topological polar surface area (TPSA) is 65.5 Å². The smallest absolute Gasteiger partial charge is 0.221 e. The molecule has 2 aromatic carbocycles. The number of hydrazone groups is 1. The summed E-state index contributed by atoms with van der Waals surface area (Å²) < 4.78 is 0. The zero-order chi connectivity index (χ0) is 17.5. The number of benzene rings is 2. The van der Waals surface area contributed by atoms with E-state index < -0.39 is 0 Å². The van der Waals surface area contributed by atoms with Crippen molar-refractivity contribution in [3.63, 3.8) is 0 Å². The molecule has 0 aliphatic carbocycles. The van der Waals surface area contributed by atoms with Crippen LogP contribution in [0.1, 0.15) is 23.6 Å². The number of carbonyl (C=O) groups is 1. The molecule has 0 saturated heterocycles. The van der Waals surface area contributed by atoms with E-state index >= 15 is 0 Å². The lowest BCUT2D eigenvalue weighted by Crippen LogP contribution is -2.24. The van der Waals surface area contributed by atoms with Crippen LogP contribution in [0.25, 0.3) is 0 Å². The van der Waals surface area contributed by atoms with Crippen LogP contribution in [-0.4, -0.2) is 17.2 Å². The summed E-state index contributed by atoms with van der Waals surface area (Å²) in [4.78, 5) is 11.0. The first-order valence-electron chi connectivity index (χ1n) is 7.49. The van der Waals surface area contributed by atoms with Crippen molar-refractivity contribution in [2.75, 3.05) is 10.6 Å². The van der Waals surface area contributed by atoms with E-state index in [4.69, 9.17) is 12.2 Å². The van der Waals surface area contributed by atoms with E-state index in [1.807, 2.05) is 56.3 Å². The van der Waals surface area contributed by atoms with Gasteiger partial charge in [-0.1, -0.05) is 30.3 Å². The van der Waals surface area contributed by atoms with Crippen LogP contribution < -0.4 is 16.1 Å². The quantitative estimate of drug-likeness (QED) is 0.452. The average Bonchev–Trinajstić information content (AvgIpc) is 2.52. The minimum absolute atomic E-state index is 0.0963. The highest BCUT2D eigenvalue weighted by Crippen LogP contribution is 2.19. The first kappa shape index (κ1) is 17.6. The van der Waals surface area contributed by atoms with Gasteiger partial charge in [0.05, 0.1) is 6.21 Å². The Morgan fingerprint density at radius 1 is 1.04 bits per heavy atom. The van der Waals surface area contributed by atoms with E-state index in [9.17, 15) is 4.79 Å². The summed E-state index contributed by atoms with van der Waals surface area (Å²) in [6, 6.07) is 13.4. The molecule has 0 saturated carbocycles. The lowest BCUT2D eigenvalue weighted by molar-refractivity contribution is -0.114. The number of nitrogens with zero attached hydrogens (tertiary/aromatic N) is 1. The van der Waals surface area contributed by atoms with E-state index in [0.717, 1.165) is 28.1 Å². The first-order chi connectivity index (χ1) is 11.5. The summed E-state index contributed by atoms with van der Waals surface area (Å²) in [6.45, 7) is 5.53. The molecule has 0 radical (unpaired) electrons. The van der Waals surface area contributed by atoms with Crippen molar-refractivity contribution < 1.29 is 4.79 Å². The number of anilines is 2. The Labute approximate surface area is 147 Å². The van der Waals surface area contributed by atoms with Crippen LogP contribution in [0.15, 0.2) is 47.6 Å². The van der Waals surface area contributed by atoms with E-state index in [2.05, 4.69) is 21.2 Å². The van der Waals surface area contributed by atoms with Gasteiger partial charge in [0.15, 0.2) is 5.11 Å². The van der Waals surface area contributed by atoms with Gasteiger partial charge in [-0.3, -0.25) is 10.2 Å². The molecule has 0 aromatic heterocycles. The Bertz CT molecular complexity index is 749. The number of hydrogen-bond acceptors (Lipinski definition) is 3. The van der Waals surface area contributed by atoms with Crippen molar-refractivity contribution in [1.29, 1.82) is 0 Å². The summed E-state index contributed by atoms with van der Waals surface area (Å²) in [6.07, 6.45) is 1.66. The summed E-state index contributed by atoms with van der Waals surface area (Å²) in [5.41, 5.74) is 7.68. The largest absolute Gasteiger partial charge is 0.331 e. The summed E-state index contributed by atoms with van der Waals surface area (Å²) in [5.74, 6) is -0.0963. The van der Waals surface area contributed by atoms with E-state index in [1.165, 1.54) is 6.92 Å². The number of carbonyl (C=O) groups excluding carboxylic acids is 1. The van der Waals surface area contributed by atoms with Gasteiger partial charge in [0.2, 0.25) is 5.91 Å². The van der Waals surface area contributed by atoms with Gasteiger partial charge in [0.1, 0.15) is 0 Å². The SMILES string of the molecule is CC(=O)Nc1ccc(/C=N\NC(=S)Nc2c(C)cccc2C)cc1. The highest BCUT2D eigenvalue weighted by atomic mass is 32.1. The van der Waals surface area contributed by atoms with Crippen LogP contribution in [0.2, 0.25) is 0 Å². The molecule has 0 heterocycles. The molecular weight excluding hydrogens is 320 g/mol. The van der Waals surface area contributed by atoms with Crippen LogP contribution in [-0.2, 0) is 4.79 Å². The van der Waals surface area contributed by atoms with Gasteiger partial charge in [-0.2, -0.15) is 5.10 Å². The van der Waals surface area contributed by atoms with Gasteiger partial charge in [-0.25, -0.2) is 0 Å². The molecular formula is C18H20N4OS. The van der Waals surface area contributed by atoms with Gasteiger partial charge < -0.3 is 10.6 Å². The Kier molecular flexibility index (Phi) is 6.03. The zero-order valence-corrected chi connectivity index (χ0v) is 14.7. The second-order valence-electron chi connectivity index (χ2n) is 5.39. The van der Waals surface area contributed by atoms with Gasteiger partial charge in [0.25, 0.3) is 0 Å². The third kappa shape index (κ3) is 5.17. The molecule has 3 N–H and O–H groups in total. The second-order valence-corrected chi connectivity index (χ2v) is 5.80. The third-order valence-corrected chi connectivity index (χ3v) is 3.52. The molecule has 24 heavy (non-hydrogen) atoms. The summed E-state index contributed by atoms with van der Waals surface area (Å²) in [7, 11) is 0. The number of aryl methyl sites for hydroxylation is 2. The fourth-order valence-electron chi connectivity index (χ4n) is 2.17. The lowest BCUT2D eigenvalue weighted by atomic mass is 10.1. The first-order valence-corrected chi connectivity index (χ1v) is 7.90. The van der Waals surface area contributed by atoms with Gasteiger partial charge in [-0.15, -0.1) is 0 Å². The lowest BCUT2D eigenvalue weighted by Gasteiger charge is -2.12. The number of amides is 1. The van der Waals surface area contributed by atoms with Crippen LogP contribution >= 0.6 is 12.2 Å². The molecule has 5 nitrogen and oxygen atoms in total. The molecule has 0 fully saturated rings. The number of hydrogen-bond donors (Lipinski definition) is 3. The van der Waals surface area contributed by atoms with Crippen molar-refractivity contribution in [1.82, 2.24) is 5.43 Å².